The summed E-state index contributed by atoms with van der Waals surface area (Å²) in [5, 5.41) is 0.997. The first-order chi connectivity index (χ1) is 15.8. The van der Waals surface area contributed by atoms with Gasteiger partial charge in [0.15, 0.2) is 0 Å². The maximum absolute atomic E-state index is 12.9. The van der Waals surface area contributed by atoms with E-state index in [1.54, 1.807) is 41.3 Å². The SMILES string of the molecule is O=C1Cc2ccc(C(=O)N3CC4(CCN(C(=O)OCc5cc(Cl)cc(Cl)c5)CC4)C3)cc2O1. The van der Waals surface area contributed by atoms with Crippen molar-refractivity contribution in [1.82, 2.24) is 9.80 Å². The van der Waals surface area contributed by atoms with Crippen molar-refractivity contribution >= 4 is 41.2 Å². The molecule has 0 saturated carbocycles. The third kappa shape index (κ3) is 4.52. The van der Waals surface area contributed by atoms with Gasteiger partial charge >= 0.3 is 12.1 Å². The first-order valence-corrected chi connectivity index (χ1v) is 11.6. The number of piperidine rings is 1. The van der Waals surface area contributed by atoms with Gasteiger partial charge < -0.3 is 19.3 Å². The van der Waals surface area contributed by atoms with Crippen molar-refractivity contribution in [3.8, 4) is 5.75 Å². The molecule has 2 amide bonds. The van der Waals surface area contributed by atoms with Gasteiger partial charge in [-0.15, -0.1) is 0 Å². The Hall–Kier alpha value is -2.77. The normalized spacial score (nSPS) is 18.5. The number of benzene rings is 2. The zero-order valence-electron chi connectivity index (χ0n) is 17.8. The molecular weight excluding hydrogens is 467 g/mol. The first-order valence-electron chi connectivity index (χ1n) is 10.8. The van der Waals surface area contributed by atoms with Gasteiger partial charge in [-0.05, 0) is 48.7 Å². The van der Waals surface area contributed by atoms with Crippen LogP contribution in [0, 0.1) is 5.41 Å². The van der Waals surface area contributed by atoms with Gasteiger partial charge in [0, 0.05) is 52.8 Å². The van der Waals surface area contributed by atoms with Gasteiger partial charge in [0.2, 0.25) is 0 Å². The van der Waals surface area contributed by atoms with Gasteiger partial charge in [-0.2, -0.15) is 0 Å². The Morgan fingerprint density at radius 1 is 1.00 bits per heavy atom. The number of hydrogen-bond donors (Lipinski definition) is 0. The van der Waals surface area contributed by atoms with Crippen LogP contribution in [0.3, 0.4) is 0 Å². The number of nitrogens with zero attached hydrogens (tertiary/aromatic N) is 2. The van der Waals surface area contributed by atoms with Crippen LogP contribution in [0.25, 0.3) is 0 Å². The number of rotatable bonds is 3. The first kappa shape index (κ1) is 22.0. The minimum atomic E-state index is -0.360. The van der Waals surface area contributed by atoms with Crippen molar-refractivity contribution in [2.45, 2.75) is 25.9 Å². The molecule has 0 bridgehead atoms. The second kappa shape index (κ2) is 8.54. The molecule has 2 fully saturated rings. The Balaban J connectivity index is 1.11. The fourth-order valence-electron chi connectivity index (χ4n) is 4.74. The average Bonchev–Trinajstić information content (AvgIpc) is 3.14. The lowest BCUT2D eigenvalue weighted by molar-refractivity contribution is -0.131. The van der Waals surface area contributed by atoms with Crippen LogP contribution < -0.4 is 4.74 Å². The molecule has 2 aromatic carbocycles. The minimum absolute atomic E-state index is 0.0378. The highest BCUT2D eigenvalue weighted by molar-refractivity contribution is 6.34. The van der Waals surface area contributed by atoms with Crippen LogP contribution in [0.5, 0.6) is 5.75 Å². The van der Waals surface area contributed by atoms with Gasteiger partial charge in [0.05, 0.1) is 6.42 Å². The van der Waals surface area contributed by atoms with E-state index in [0.29, 0.717) is 47.5 Å². The number of carbonyl (C=O) groups excluding carboxylic acids is 3. The van der Waals surface area contributed by atoms with Crippen molar-refractivity contribution in [2.75, 3.05) is 26.2 Å². The third-order valence-corrected chi connectivity index (χ3v) is 7.02. The van der Waals surface area contributed by atoms with E-state index < -0.39 is 0 Å². The highest BCUT2D eigenvalue weighted by Crippen LogP contribution is 2.41. The molecule has 0 radical (unpaired) electrons. The summed E-state index contributed by atoms with van der Waals surface area (Å²) in [6.07, 6.45) is 1.52. The molecule has 3 aliphatic heterocycles. The topological polar surface area (TPSA) is 76.2 Å². The fourth-order valence-corrected chi connectivity index (χ4v) is 5.31. The lowest BCUT2D eigenvalue weighted by Crippen LogP contribution is -2.62. The molecule has 1 spiro atoms. The van der Waals surface area contributed by atoms with E-state index in [1.807, 2.05) is 4.90 Å². The van der Waals surface area contributed by atoms with Gasteiger partial charge in [0.1, 0.15) is 12.4 Å². The van der Waals surface area contributed by atoms with Crippen LogP contribution in [0.15, 0.2) is 36.4 Å². The Bertz CT molecular complexity index is 1120. The smallest absolute Gasteiger partial charge is 0.410 e. The molecule has 0 atom stereocenters. The number of ether oxygens (including phenoxy) is 2. The van der Waals surface area contributed by atoms with Gasteiger partial charge in [-0.1, -0.05) is 29.3 Å². The average molecular weight is 489 g/mol. The Labute approximate surface area is 201 Å². The van der Waals surface area contributed by atoms with Crippen molar-refractivity contribution < 1.29 is 23.9 Å². The number of hydrogen-bond acceptors (Lipinski definition) is 5. The summed E-state index contributed by atoms with van der Waals surface area (Å²) in [5.41, 5.74) is 2.12. The molecule has 5 rings (SSSR count). The molecule has 0 aromatic heterocycles. The quantitative estimate of drug-likeness (QED) is 0.474. The van der Waals surface area contributed by atoms with Crippen LogP contribution in [0.1, 0.15) is 34.3 Å². The lowest BCUT2D eigenvalue weighted by atomic mass is 9.72. The van der Waals surface area contributed by atoms with Crippen LogP contribution in [-0.4, -0.2) is 53.9 Å². The van der Waals surface area contributed by atoms with E-state index in [4.69, 9.17) is 32.7 Å². The fraction of sp³-hybridized carbons (Fsp3) is 0.375. The number of carbonyl (C=O) groups is 3. The standard InChI is InChI=1S/C24H22Cl2N2O5/c25-18-7-15(8-19(26)11-18)12-32-23(31)27-5-3-24(4-6-27)13-28(14-24)22(30)17-2-1-16-10-21(29)33-20(16)9-17/h1-2,7-9,11H,3-6,10,12-14H2. The Morgan fingerprint density at radius 3 is 2.39 bits per heavy atom. The van der Waals surface area contributed by atoms with E-state index in [2.05, 4.69) is 0 Å². The second-order valence-electron chi connectivity index (χ2n) is 8.95. The summed E-state index contributed by atoms with van der Waals surface area (Å²) in [6.45, 7) is 2.61. The molecule has 9 heteroatoms. The molecule has 2 aromatic rings. The summed E-state index contributed by atoms with van der Waals surface area (Å²) in [4.78, 5) is 40.3. The highest BCUT2D eigenvalue weighted by Gasteiger charge is 2.47. The summed E-state index contributed by atoms with van der Waals surface area (Å²) in [5.74, 6) is 0.125. The molecule has 3 heterocycles. The minimum Gasteiger partial charge on any atom is -0.445 e. The third-order valence-electron chi connectivity index (χ3n) is 6.58. The molecule has 3 aliphatic rings. The maximum atomic E-state index is 12.9. The van der Waals surface area contributed by atoms with Crippen molar-refractivity contribution in [3.63, 3.8) is 0 Å². The number of halogens is 2. The van der Waals surface area contributed by atoms with Crippen molar-refractivity contribution in [1.29, 1.82) is 0 Å². The number of fused-ring (bicyclic) bond motifs is 1. The predicted octanol–water partition coefficient (Wildman–Crippen LogP) is 4.33. The highest BCUT2D eigenvalue weighted by atomic mass is 35.5. The summed E-state index contributed by atoms with van der Waals surface area (Å²) < 4.78 is 10.6. The summed E-state index contributed by atoms with van der Waals surface area (Å²) >= 11 is 12.0. The monoisotopic (exact) mass is 488 g/mol. The van der Waals surface area contributed by atoms with E-state index in [-0.39, 0.29) is 36.4 Å². The van der Waals surface area contributed by atoms with Gasteiger partial charge in [-0.3, -0.25) is 9.59 Å². The van der Waals surface area contributed by atoms with Crippen molar-refractivity contribution in [3.05, 3.63) is 63.1 Å². The van der Waals surface area contributed by atoms with Crippen molar-refractivity contribution in [2.24, 2.45) is 5.41 Å². The predicted molar refractivity (Wildman–Crippen MR) is 122 cm³/mol. The molecule has 0 N–H and O–H groups in total. The summed E-state index contributed by atoms with van der Waals surface area (Å²) in [7, 11) is 0. The molecule has 0 unspecified atom stereocenters. The number of esters is 1. The summed E-state index contributed by atoms with van der Waals surface area (Å²) in [6, 6.07) is 10.3. The lowest BCUT2D eigenvalue weighted by Gasteiger charge is -2.53. The molecule has 33 heavy (non-hydrogen) atoms. The Morgan fingerprint density at radius 2 is 1.70 bits per heavy atom. The van der Waals surface area contributed by atoms with Crippen LogP contribution in [0.2, 0.25) is 10.0 Å². The van der Waals surface area contributed by atoms with E-state index in [9.17, 15) is 14.4 Å². The van der Waals surface area contributed by atoms with Crippen LogP contribution in [-0.2, 0) is 22.6 Å². The maximum Gasteiger partial charge on any atom is 0.410 e. The van der Waals surface area contributed by atoms with E-state index >= 15 is 0 Å². The Kier molecular flexibility index (Phi) is 5.70. The van der Waals surface area contributed by atoms with E-state index in [1.165, 1.54) is 0 Å². The number of likely N-dealkylation sites (tertiary alicyclic amines) is 2. The molecule has 2 saturated heterocycles. The molecular formula is C24H22Cl2N2O5. The van der Waals surface area contributed by atoms with Gasteiger partial charge in [0.25, 0.3) is 5.91 Å². The largest absolute Gasteiger partial charge is 0.445 e. The molecule has 0 aliphatic carbocycles. The second-order valence-corrected chi connectivity index (χ2v) is 9.83. The van der Waals surface area contributed by atoms with Crippen LogP contribution in [0.4, 0.5) is 4.79 Å². The van der Waals surface area contributed by atoms with Gasteiger partial charge in [-0.25, -0.2) is 4.79 Å². The molecule has 7 nitrogen and oxygen atoms in total. The molecule has 172 valence electrons. The number of amides is 2. The van der Waals surface area contributed by atoms with Crippen LogP contribution >= 0.6 is 23.2 Å². The zero-order valence-corrected chi connectivity index (χ0v) is 19.3. The van der Waals surface area contributed by atoms with E-state index in [0.717, 1.165) is 24.0 Å². The zero-order chi connectivity index (χ0) is 23.2.